The van der Waals surface area contributed by atoms with Gasteiger partial charge in [0.05, 0.1) is 5.52 Å². The van der Waals surface area contributed by atoms with Gasteiger partial charge >= 0.3 is 5.97 Å². The maximum absolute atomic E-state index is 12.6. The molecule has 0 amide bonds. The Morgan fingerprint density at radius 3 is 2.12 bits per heavy atom. The van der Waals surface area contributed by atoms with Crippen molar-refractivity contribution in [3.8, 4) is 22.3 Å². The molecular weight excluding hydrogens is 422 g/mol. The molecule has 5 aromatic rings. The van der Waals surface area contributed by atoms with Crippen LogP contribution in [0.15, 0.2) is 97.1 Å². The van der Waals surface area contributed by atoms with Crippen molar-refractivity contribution in [2.45, 2.75) is 13.1 Å². The van der Waals surface area contributed by atoms with Crippen molar-refractivity contribution in [3.05, 3.63) is 114 Å². The molecular formula is C29H25N3O2. The van der Waals surface area contributed by atoms with Gasteiger partial charge in [-0.15, -0.1) is 0 Å². The summed E-state index contributed by atoms with van der Waals surface area (Å²) in [6.45, 7) is 0.856. The van der Waals surface area contributed by atoms with Crippen LogP contribution in [0.1, 0.15) is 21.6 Å². The molecule has 0 aliphatic carbocycles. The summed E-state index contributed by atoms with van der Waals surface area (Å²) in [5.41, 5.74) is 19.5. The number of hydrogen-bond acceptors (Lipinski definition) is 3. The molecule has 5 heteroatoms. The monoisotopic (exact) mass is 447 g/mol. The first-order valence-electron chi connectivity index (χ1n) is 11.1. The second-order valence-electron chi connectivity index (χ2n) is 8.29. The van der Waals surface area contributed by atoms with Gasteiger partial charge in [-0.2, -0.15) is 0 Å². The van der Waals surface area contributed by atoms with Crippen LogP contribution in [0.4, 0.5) is 5.69 Å². The van der Waals surface area contributed by atoms with Gasteiger partial charge in [0.1, 0.15) is 5.69 Å². The summed E-state index contributed by atoms with van der Waals surface area (Å²) in [4.78, 5) is 12.6. The van der Waals surface area contributed by atoms with Gasteiger partial charge in [0.15, 0.2) is 0 Å². The van der Waals surface area contributed by atoms with E-state index in [-0.39, 0.29) is 5.69 Å². The molecule has 1 heterocycles. The van der Waals surface area contributed by atoms with Crippen LogP contribution in [0.5, 0.6) is 0 Å². The molecule has 5 nitrogen and oxygen atoms in total. The first-order chi connectivity index (χ1) is 16.6. The zero-order chi connectivity index (χ0) is 23.7. The van der Waals surface area contributed by atoms with E-state index in [1.807, 2.05) is 102 Å². The summed E-state index contributed by atoms with van der Waals surface area (Å²) >= 11 is 0. The van der Waals surface area contributed by atoms with Gasteiger partial charge in [0.25, 0.3) is 0 Å². The topological polar surface area (TPSA) is 94.3 Å². The number of aromatic nitrogens is 1. The Kier molecular flexibility index (Phi) is 5.62. The van der Waals surface area contributed by atoms with Crippen LogP contribution in [0.2, 0.25) is 0 Å². The molecule has 168 valence electrons. The number of rotatable bonds is 6. The molecule has 5 rings (SSSR count). The molecule has 0 bridgehead atoms. The molecule has 1 aromatic heterocycles. The van der Waals surface area contributed by atoms with E-state index in [1.165, 1.54) is 0 Å². The van der Waals surface area contributed by atoms with Gasteiger partial charge in [0, 0.05) is 35.3 Å². The third-order valence-corrected chi connectivity index (χ3v) is 6.19. The van der Waals surface area contributed by atoms with Crippen LogP contribution in [-0.4, -0.2) is 15.6 Å². The van der Waals surface area contributed by atoms with E-state index >= 15 is 0 Å². The van der Waals surface area contributed by atoms with Gasteiger partial charge in [-0.25, -0.2) is 4.79 Å². The number of aromatic carboxylic acids is 1. The second-order valence-corrected chi connectivity index (χ2v) is 8.29. The average molecular weight is 448 g/mol. The van der Waals surface area contributed by atoms with E-state index in [9.17, 15) is 9.90 Å². The molecule has 0 fully saturated rings. The molecule has 0 saturated carbocycles. The lowest BCUT2D eigenvalue weighted by atomic mass is 9.95. The van der Waals surface area contributed by atoms with Crippen LogP contribution in [0.3, 0.4) is 0 Å². The zero-order valence-electron chi connectivity index (χ0n) is 18.6. The maximum atomic E-state index is 12.6. The highest BCUT2D eigenvalue weighted by Crippen LogP contribution is 2.42. The first kappa shape index (κ1) is 21.5. The highest BCUT2D eigenvalue weighted by Gasteiger charge is 2.26. The van der Waals surface area contributed by atoms with E-state index < -0.39 is 5.97 Å². The van der Waals surface area contributed by atoms with Crippen LogP contribution < -0.4 is 11.5 Å². The van der Waals surface area contributed by atoms with E-state index in [2.05, 4.69) is 0 Å². The largest absolute Gasteiger partial charge is 0.477 e. The van der Waals surface area contributed by atoms with Crippen molar-refractivity contribution in [3.63, 3.8) is 0 Å². The Balaban J connectivity index is 1.85. The Labute approximate surface area is 197 Å². The van der Waals surface area contributed by atoms with Crippen molar-refractivity contribution < 1.29 is 9.90 Å². The minimum atomic E-state index is -0.989. The Bertz CT molecular complexity index is 1490. The van der Waals surface area contributed by atoms with E-state index in [1.54, 1.807) is 0 Å². The smallest absolute Gasteiger partial charge is 0.353 e. The molecule has 4 aromatic carbocycles. The molecule has 0 atom stereocenters. The highest BCUT2D eigenvalue weighted by atomic mass is 16.4. The summed E-state index contributed by atoms with van der Waals surface area (Å²) in [7, 11) is 0. The lowest BCUT2D eigenvalue weighted by molar-refractivity contribution is 0.0687. The normalized spacial score (nSPS) is 11.1. The average Bonchev–Trinajstić information content (AvgIpc) is 3.20. The quantitative estimate of drug-likeness (QED) is 0.288. The van der Waals surface area contributed by atoms with Gasteiger partial charge in [-0.1, -0.05) is 84.9 Å². The summed E-state index contributed by atoms with van der Waals surface area (Å²) in [6, 6.07) is 31.3. The molecule has 5 N–H and O–H groups in total. The SMILES string of the molecule is NCc1cccc(-c2ccc3c(c2N)c(-c2ccccc2)c(C(=O)O)n3Cc2ccccc2)c1. The second kappa shape index (κ2) is 8.89. The summed E-state index contributed by atoms with van der Waals surface area (Å²) in [5.74, 6) is -0.989. The first-order valence-corrected chi connectivity index (χ1v) is 11.1. The number of anilines is 1. The number of hydrogen-bond donors (Lipinski definition) is 3. The number of benzene rings is 4. The van der Waals surface area contributed by atoms with Crippen molar-refractivity contribution in [2.75, 3.05) is 5.73 Å². The zero-order valence-corrected chi connectivity index (χ0v) is 18.6. The number of carboxylic acids is 1. The molecule has 0 spiro atoms. The minimum absolute atomic E-state index is 0.226. The van der Waals surface area contributed by atoms with Gasteiger partial charge in [0.2, 0.25) is 0 Å². The van der Waals surface area contributed by atoms with Crippen LogP contribution in [0.25, 0.3) is 33.2 Å². The fraction of sp³-hybridized carbons (Fsp3) is 0.0690. The minimum Gasteiger partial charge on any atom is -0.477 e. The number of nitrogens with two attached hydrogens (primary N) is 2. The summed E-state index contributed by atoms with van der Waals surface area (Å²) in [5, 5.41) is 11.1. The third kappa shape index (κ3) is 3.72. The number of fused-ring (bicyclic) bond motifs is 1. The predicted octanol–water partition coefficient (Wildman–Crippen LogP) is 5.76. The molecule has 0 unspecified atom stereocenters. The highest BCUT2D eigenvalue weighted by molar-refractivity contribution is 6.15. The fourth-order valence-electron chi connectivity index (χ4n) is 4.63. The van der Waals surface area contributed by atoms with Crippen molar-refractivity contribution in [1.82, 2.24) is 4.57 Å². The lowest BCUT2D eigenvalue weighted by Crippen LogP contribution is -2.10. The summed E-state index contributed by atoms with van der Waals surface area (Å²) in [6.07, 6.45) is 0. The molecule has 0 aliphatic heterocycles. The lowest BCUT2D eigenvalue weighted by Gasteiger charge is -2.11. The predicted molar refractivity (Wildman–Crippen MR) is 138 cm³/mol. The van der Waals surface area contributed by atoms with Crippen molar-refractivity contribution in [2.24, 2.45) is 5.73 Å². The van der Waals surface area contributed by atoms with E-state index in [0.717, 1.165) is 38.7 Å². The van der Waals surface area contributed by atoms with Gasteiger partial charge in [-0.05, 0) is 34.4 Å². The van der Waals surface area contributed by atoms with Crippen LogP contribution >= 0.6 is 0 Å². The molecule has 0 radical (unpaired) electrons. The Hall–Kier alpha value is -4.35. The Morgan fingerprint density at radius 1 is 0.794 bits per heavy atom. The molecule has 0 saturated heterocycles. The number of nitrogen functional groups attached to an aromatic ring is 1. The van der Waals surface area contributed by atoms with Crippen molar-refractivity contribution >= 4 is 22.6 Å². The van der Waals surface area contributed by atoms with E-state index in [0.29, 0.717) is 24.3 Å². The number of nitrogens with zero attached hydrogens (tertiary/aromatic N) is 1. The van der Waals surface area contributed by atoms with Crippen LogP contribution in [0, 0.1) is 0 Å². The Morgan fingerprint density at radius 2 is 1.44 bits per heavy atom. The van der Waals surface area contributed by atoms with Crippen LogP contribution in [-0.2, 0) is 13.1 Å². The summed E-state index contributed by atoms with van der Waals surface area (Å²) < 4.78 is 1.85. The third-order valence-electron chi connectivity index (χ3n) is 6.19. The maximum Gasteiger partial charge on any atom is 0.353 e. The van der Waals surface area contributed by atoms with E-state index in [4.69, 9.17) is 11.5 Å². The number of carbonyl (C=O) groups is 1. The molecule has 0 aliphatic rings. The molecule has 34 heavy (non-hydrogen) atoms. The van der Waals surface area contributed by atoms with Gasteiger partial charge < -0.3 is 21.1 Å². The van der Waals surface area contributed by atoms with Gasteiger partial charge in [-0.3, -0.25) is 0 Å². The standard InChI is InChI=1S/C29H25N3O2/c30-17-20-10-7-13-22(16-20)23-14-15-24-26(27(23)31)25(21-11-5-2-6-12-21)28(29(33)34)32(24)18-19-8-3-1-4-9-19/h1-16H,17-18,30-31H2,(H,33,34). The number of carboxylic acid groups (broad SMARTS) is 1. The fourth-order valence-corrected chi connectivity index (χ4v) is 4.63. The van der Waals surface area contributed by atoms with Crippen molar-refractivity contribution in [1.29, 1.82) is 0 Å².